The molecule has 0 unspecified atom stereocenters. The van der Waals surface area contributed by atoms with E-state index in [4.69, 9.17) is 9.97 Å². The van der Waals surface area contributed by atoms with Crippen molar-refractivity contribution in [3.05, 3.63) is 76.7 Å². The number of aryl methyl sites for hydroxylation is 3. The summed E-state index contributed by atoms with van der Waals surface area (Å²) in [5, 5.41) is 24.5. The molecule has 182 valence electrons. The zero-order valence-corrected chi connectivity index (χ0v) is 20.7. The average Bonchev–Trinajstić information content (AvgIpc) is 3.62. The van der Waals surface area contributed by atoms with Crippen molar-refractivity contribution in [2.24, 2.45) is 0 Å². The third-order valence-corrected chi connectivity index (χ3v) is 7.13. The number of aliphatic hydroxyl groups is 1. The van der Waals surface area contributed by atoms with Gasteiger partial charge in [0.15, 0.2) is 11.5 Å². The Morgan fingerprint density at radius 1 is 1.11 bits per heavy atom. The normalized spacial score (nSPS) is 15.9. The number of nitrogens with zero attached hydrogens (tertiary/aromatic N) is 6. The van der Waals surface area contributed by atoms with E-state index < -0.39 is 6.10 Å². The highest BCUT2D eigenvalue weighted by atomic mass is 16.3. The number of hydrogen-bond acceptors (Lipinski definition) is 6. The maximum Gasteiger partial charge on any atom is 0.180 e. The van der Waals surface area contributed by atoms with Gasteiger partial charge in [0.05, 0.1) is 12.1 Å². The molecule has 6 rings (SSSR count). The minimum absolute atomic E-state index is 0.191. The molecule has 0 amide bonds. The van der Waals surface area contributed by atoms with E-state index in [0.29, 0.717) is 12.2 Å². The van der Waals surface area contributed by atoms with Gasteiger partial charge in [0.1, 0.15) is 11.3 Å². The predicted octanol–water partition coefficient (Wildman–Crippen LogP) is 4.61. The second-order valence-corrected chi connectivity index (χ2v) is 9.67. The molecular weight excluding hydrogens is 450 g/mol. The van der Waals surface area contributed by atoms with Gasteiger partial charge >= 0.3 is 0 Å². The molecule has 3 aromatic heterocycles. The summed E-state index contributed by atoms with van der Waals surface area (Å²) in [6.45, 7) is 6.04. The maximum atomic E-state index is 9.96. The van der Waals surface area contributed by atoms with Crippen molar-refractivity contribution < 1.29 is 5.11 Å². The van der Waals surface area contributed by atoms with Crippen LogP contribution in [0.2, 0.25) is 0 Å². The lowest BCUT2D eigenvalue weighted by molar-refractivity contribution is 0.194. The standard InChI is InChI=1S/C28H29N7O/c1-4-25-30-26-16(2)13-20(14-17(3)36)29-28(26)35(25)24-12-10-19-15-18(9-11-22(19)24)21-7-5-6-8-23(21)27-31-33-34-32-27/h5-9,11,13,15,17,24,36H,4,10,12,14H2,1-3H3,(H,31,32,33,34)/t17-,24-/m0/s1. The fraction of sp³-hybridized carbons (Fsp3) is 0.321. The van der Waals surface area contributed by atoms with Gasteiger partial charge in [-0.1, -0.05) is 49.4 Å². The second-order valence-electron chi connectivity index (χ2n) is 9.67. The second kappa shape index (κ2) is 8.95. The minimum atomic E-state index is -0.433. The van der Waals surface area contributed by atoms with Crippen molar-refractivity contribution in [1.29, 1.82) is 0 Å². The molecule has 2 aromatic carbocycles. The first-order valence-corrected chi connectivity index (χ1v) is 12.5. The molecule has 0 bridgehead atoms. The number of rotatable bonds is 6. The van der Waals surface area contributed by atoms with Crippen LogP contribution in [0.5, 0.6) is 0 Å². The summed E-state index contributed by atoms with van der Waals surface area (Å²) < 4.78 is 2.34. The molecule has 0 fully saturated rings. The van der Waals surface area contributed by atoms with Crippen LogP contribution in [0.15, 0.2) is 48.5 Å². The monoisotopic (exact) mass is 479 g/mol. The number of tetrazole rings is 1. The van der Waals surface area contributed by atoms with E-state index in [-0.39, 0.29) is 6.04 Å². The number of benzene rings is 2. The Morgan fingerprint density at radius 3 is 2.69 bits per heavy atom. The Labute approximate surface area is 209 Å². The van der Waals surface area contributed by atoms with Gasteiger partial charge in [0.25, 0.3) is 0 Å². The quantitative estimate of drug-likeness (QED) is 0.369. The Bertz CT molecular complexity index is 1550. The van der Waals surface area contributed by atoms with Crippen LogP contribution >= 0.6 is 0 Å². The van der Waals surface area contributed by atoms with E-state index >= 15 is 0 Å². The van der Waals surface area contributed by atoms with Gasteiger partial charge in [-0.3, -0.25) is 0 Å². The topological polar surface area (TPSA) is 105 Å². The largest absolute Gasteiger partial charge is 0.393 e. The molecule has 8 nitrogen and oxygen atoms in total. The Hall–Kier alpha value is -3.91. The molecule has 36 heavy (non-hydrogen) atoms. The Morgan fingerprint density at radius 2 is 1.94 bits per heavy atom. The number of aliphatic hydroxyl groups excluding tert-OH is 1. The van der Waals surface area contributed by atoms with Crippen LogP contribution in [0.25, 0.3) is 33.7 Å². The first-order chi connectivity index (χ1) is 17.5. The van der Waals surface area contributed by atoms with E-state index in [1.165, 1.54) is 11.1 Å². The van der Waals surface area contributed by atoms with Crippen molar-refractivity contribution in [3.63, 3.8) is 0 Å². The van der Waals surface area contributed by atoms with Gasteiger partial charge in [-0.15, -0.1) is 5.10 Å². The molecule has 0 spiro atoms. The van der Waals surface area contributed by atoms with Crippen LogP contribution in [0.4, 0.5) is 0 Å². The predicted molar refractivity (Wildman–Crippen MR) is 139 cm³/mol. The number of pyridine rings is 1. The highest BCUT2D eigenvalue weighted by molar-refractivity contribution is 5.81. The van der Waals surface area contributed by atoms with Crippen molar-refractivity contribution >= 4 is 11.2 Å². The molecule has 3 heterocycles. The maximum absolute atomic E-state index is 9.96. The summed E-state index contributed by atoms with van der Waals surface area (Å²) in [6.07, 6.45) is 2.94. The Kier molecular flexibility index (Phi) is 5.60. The van der Waals surface area contributed by atoms with Gasteiger partial charge in [0.2, 0.25) is 0 Å². The Balaban J connectivity index is 1.44. The molecule has 2 atom stereocenters. The zero-order chi connectivity index (χ0) is 24.8. The van der Waals surface area contributed by atoms with Crippen molar-refractivity contribution in [2.45, 2.75) is 58.6 Å². The molecule has 0 saturated carbocycles. The SMILES string of the molecule is CCc1nc2c(C)cc(C[C@H](C)O)nc2n1[C@H]1CCc2cc(-c3ccccc3-c3nnn[nH]3)ccc21. The fourth-order valence-electron chi connectivity index (χ4n) is 5.56. The van der Waals surface area contributed by atoms with Gasteiger partial charge in [-0.2, -0.15) is 0 Å². The summed E-state index contributed by atoms with van der Waals surface area (Å²) >= 11 is 0. The van der Waals surface area contributed by atoms with E-state index in [1.54, 1.807) is 6.92 Å². The van der Waals surface area contributed by atoms with Crippen LogP contribution in [-0.2, 0) is 19.3 Å². The number of H-pyrrole nitrogens is 1. The van der Waals surface area contributed by atoms with E-state index in [2.05, 4.69) is 69.4 Å². The van der Waals surface area contributed by atoms with Crippen molar-refractivity contribution in [3.8, 4) is 22.5 Å². The summed E-state index contributed by atoms with van der Waals surface area (Å²) in [5.74, 6) is 1.72. The average molecular weight is 480 g/mol. The molecule has 0 radical (unpaired) electrons. The third kappa shape index (κ3) is 3.78. The number of aromatic amines is 1. The molecular formula is C28H29N7O. The fourth-order valence-corrected chi connectivity index (χ4v) is 5.56. The first-order valence-electron chi connectivity index (χ1n) is 12.5. The number of fused-ring (bicyclic) bond motifs is 2. The lowest BCUT2D eigenvalue weighted by atomic mass is 9.96. The third-order valence-electron chi connectivity index (χ3n) is 7.13. The van der Waals surface area contributed by atoms with E-state index in [1.807, 2.05) is 18.2 Å². The molecule has 2 N–H and O–H groups in total. The first kappa shape index (κ1) is 22.5. The summed E-state index contributed by atoms with van der Waals surface area (Å²) in [4.78, 5) is 9.98. The summed E-state index contributed by atoms with van der Waals surface area (Å²) in [6, 6.07) is 17.2. The number of aromatic nitrogens is 7. The highest BCUT2D eigenvalue weighted by Gasteiger charge is 2.29. The summed E-state index contributed by atoms with van der Waals surface area (Å²) in [5.41, 5.74) is 9.81. The van der Waals surface area contributed by atoms with Crippen LogP contribution in [0.3, 0.4) is 0 Å². The smallest absolute Gasteiger partial charge is 0.180 e. The van der Waals surface area contributed by atoms with Crippen molar-refractivity contribution in [1.82, 2.24) is 35.2 Å². The zero-order valence-electron chi connectivity index (χ0n) is 20.7. The molecule has 0 saturated heterocycles. The summed E-state index contributed by atoms with van der Waals surface area (Å²) in [7, 11) is 0. The highest BCUT2D eigenvalue weighted by Crippen LogP contribution is 2.40. The van der Waals surface area contributed by atoms with Gasteiger partial charge in [-0.05, 0) is 71.0 Å². The van der Waals surface area contributed by atoms with Crippen LogP contribution in [0, 0.1) is 6.92 Å². The van der Waals surface area contributed by atoms with Crippen LogP contribution in [-0.4, -0.2) is 46.4 Å². The van der Waals surface area contributed by atoms with Gasteiger partial charge in [0, 0.05) is 24.1 Å². The number of imidazole rings is 1. The molecule has 1 aliphatic carbocycles. The van der Waals surface area contributed by atoms with Crippen LogP contribution in [0.1, 0.15) is 54.5 Å². The lowest BCUT2D eigenvalue weighted by Crippen LogP contribution is -2.13. The number of nitrogens with one attached hydrogen (secondary N) is 1. The van der Waals surface area contributed by atoms with Gasteiger partial charge < -0.3 is 9.67 Å². The molecule has 8 heteroatoms. The van der Waals surface area contributed by atoms with Gasteiger partial charge in [-0.25, -0.2) is 15.1 Å². The molecule has 1 aliphatic rings. The molecule has 5 aromatic rings. The van der Waals surface area contributed by atoms with E-state index in [0.717, 1.165) is 64.2 Å². The van der Waals surface area contributed by atoms with E-state index in [9.17, 15) is 5.11 Å². The number of hydrogen-bond donors (Lipinski definition) is 2. The lowest BCUT2D eigenvalue weighted by Gasteiger charge is -2.18. The van der Waals surface area contributed by atoms with Crippen molar-refractivity contribution in [2.75, 3.05) is 0 Å². The minimum Gasteiger partial charge on any atom is -0.393 e. The molecule has 0 aliphatic heterocycles. The van der Waals surface area contributed by atoms with Crippen LogP contribution < -0.4 is 0 Å².